The minimum absolute atomic E-state index is 1.04. The van der Waals surface area contributed by atoms with E-state index in [1.807, 2.05) is 11.8 Å². The summed E-state index contributed by atoms with van der Waals surface area (Å²) in [6.07, 6.45) is 2.12. The predicted molar refractivity (Wildman–Crippen MR) is 66.0 cm³/mol. The lowest BCUT2D eigenvalue weighted by molar-refractivity contribution is 1.23. The molecule has 1 N–H and O–H groups in total. The van der Waals surface area contributed by atoms with Crippen LogP contribution in [-0.4, -0.2) is 18.6 Å². The third-order valence-electron chi connectivity index (χ3n) is 1.46. The quantitative estimate of drug-likeness (QED) is 0.676. The maximum absolute atomic E-state index is 3.36. The number of rotatable bonds is 4. The number of anilines is 1. The first-order valence-electron chi connectivity index (χ1n) is 3.81. The molecular formula is C9H12INS. The van der Waals surface area contributed by atoms with Gasteiger partial charge in [0.1, 0.15) is 0 Å². The summed E-state index contributed by atoms with van der Waals surface area (Å²) in [4.78, 5) is 0. The SMILES string of the molecule is CSCCNc1cccc(I)c1. The first kappa shape index (κ1) is 10.2. The molecule has 0 heterocycles. The second-order valence-electron chi connectivity index (χ2n) is 2.43. The topological polar surface area (TPSA) is 12.0 Å². The Morgan fingerprint density at radius 1 is 1.50 bits per heavy atom. The van der Waals surface area contributed by atoms with Gasteiger partial charge in [-0.05, 0) is 47.0 Å². The summed E-state index contributed by atoms with van der Waals surface area (Å²) in [6.45, 7) is 1.04. The molecule has 0 aliphatic heterocycles. The van der Waals surface area contributed by atoms with Crippen LogP contribution in [0.15, 0.2) is 24.3 Å². The zero-order valence-corrected chi connectivity index (χ0v) is 9.98. The predicted octanol–water partition coefficient (Wildman–Crippen LogP) is 3.07. The van der Waals surface area contributed by atoms with Crippen molar-refractivity contribution in [1.29, 1.82) is 0 Å². The molecule has 0 unspecified atom stereocenters. The van der Waals surface area contributed by atoms with Gasteiger partial charge < -0.3 is 5.32 Å². The molecular weight excluding hydrogens is 281 g/mol. The number of hydrogen-bond acceptors (Lipinski definition) is 2. The Balaban J connectivity index is 2.41. The summed E-state index contributed by atoms with van der Waals surface area (Å²) in [5.41, 5.74) is 1.22. The Morgan fingerprint density at radius 2 is 2.33 bits per heavy atom. The Labute approximate surface area is 91.5 Å². The molecule has 0 radical (unpaired) electrons. The van der Waals surface area contributed by atoms with Gasteiger partial charge in [-0.25, -0.2) is 0 Å². The molecule has 66 valence electrons. The van der Waals surface area contributed by atoms with Crippen molar-refractivity contribution in [2.45, 2.75) is 0 Å². The molecule has 0 saturated carbocycles. The van der Waals surface area contributed by atoms with Gasteiger partial charge >= 0.3 is 0 Å². The summed E-state index contributed by atoms with van der Waals surface area (Å²) in [6, 6.07) is 8.42. The standard InChI is InChI=1S/C9H12INS/c1-12-6-5-11-9-4-2-3-8(10)7-9/h2-4,7,11H,5-6H2,1H3. The van der Waals surface area contributed by atoms with Gasteiger partial charge in [-0.1, -0.05) is 6.07 Å². The van der Waals surface area contributed by atoms with Gasteiger partial charge in [0.25, 0.3) is 0 Å². The van der Waals surface area contributed by atoms with E-state index in [0.29, 0.717) is 0 Å². The third kappa shape index (κ3) is 3.67. The van der Waals surface area contributed by atoms with E-state index in [1.54, 1.807) is 0 Å². The van der Waals surface area contributed by atoms with Crippen LogP contribution in [0.2, 0.25) is 0 Å². The number of hydrogen-bond donors (Lipinski definition) is 1. The highest BCUT2D eigenvalue weighted by Gasteiger charge is 1.90. The van der Waals surface area contributed by atoms with E-state index in [9.17, 15) is 0 Å². The van der Waals surface area contributed by atoms with Crippen molar-refractivity contribution >= 4 is 40.0 Å². The van der Waals surface area contributed by atoms with Crippen molar-refractivity contribution in [2.75, 3.05) is 23.9 Å². The third-order valence-corrected chi connectivity index (χ3v) is 2.74. The summed E-state index contributed by atoms with van der Waals surface area (Å²) < 4.78 is 1.28. The van der Waals surface area contributed by atoms with Crippen LogP contribution in [0.5, 0.6) is 0 Å². The largest absolute Gasteiger partial charge is 0.384 e. The fraction of sp³-hybridized carbons (Fsp3) is 0.333. The average Bonchev–Trinajstić information content (AvgIpc) is 2.05. The van der Waals surface area contributed by atoms with Gasteiger partial charge in [0.2, 0.25) is 0 Å². The summed E-state index contributed by atoms with van der Waals surface area (Å²) in [5.74, 6) is 1.16. The van der Waals surface area contributed by atoms with Crippen LogP contribution in [0.1, 0.15) is 0 Å². The number of halogens is 1. The maximum atomic E-state index is 3.36. The maximum Gasteiger partial charge on any atom is 0.0351 e. The van der Waals surface area contributed by atoms with Gasteiger partial charge in [0.15, 0.2) is 0 Å². The highest BCUT2D eigenvalue weighted by atomic mass is 127. The molecule has 0 aromatic heterocycles. The zero-order valence-electron chi connectivity index (χ0n) is 7.01. The van der Waals surface area contributed by atoms with Gasteiger partial charge in [0.05, 0.1) is 0 Å². The Bertz CT molecular complexity index is 240. The average molecular weight is 293 g/mol. The fourth-order valence-corrected chi connectivity index (χ4v) is 1.75. The van der Waals surface area contributed by atoms with Crippen molar-refractivity contribution in [3.63, 3.8) is 0 Å². The lowest BCUT2D eigenvalue weighted by atomic mass is 10.3. The van der Waals surface area contributed by atoms with E-state index in [4.69, 9.17) is 0 Å². The molecule has 0 saturated heterocycles. The normalized spacial score (nSPS) is 9.83. The van der Waals surface area contributed by atoms with E-state index in [2.05, 4.69) is 58.4 Å². The van der Waals surface area contributed by atoms with Gasteiger partial charge in [-0.15, -0.1) is 0 Å². The molecule has 0 fully saturated rings. The van der Waals surface area contributed by atoms with Crippen molar-refractivity contribution in [3.05, 3.63) is 27.8 Å². The molecule has 0 spiro atoms. The summed E-state index contributed by atoms with van der Waals surface area (Å²) >= 11 is 4.18. The second-order valence-corrected chi connectivity index (χ2v) is 4.66. The van der Waals surface area contributed by atoms with Crippen LogP contribution < -0.4 is 5.32 Å². The first-order valence-corrected chi connectivity index (χ1v) is 6.28. The molecule has 3 heteroatoms. The highest BCUT2D eigenvalue weighted by molar-refractivity contribution is 14.1. The second kappa shape index (κ2) is 5.70. The van der Waals surface area contributed by atoms with Crippen molar-refractivity contribution in [2.24, 2.45) is 0 Å². The van der Waals surface area contributed by atoms with E-state index in [1.165, 1.54) is 9.26 Å². The zero-order chi connectivity index (χ0) is 8.81. The molecule has 12 heavy (non-hydrogen) atoms. The molecule has 0 aliphatic rings. The van der Waals surface area contributed by atoms with Crippen LogP contribution in [0.3, 0.4) is 0 Å². The highest BCUT2D eigenvalue weighted by Crippen LogP contribution is 2.11. The van der Waals surface area contributed by atoms with E-state index < -0.39 is 0 Å². The van der Waals surface area contributed by atoms with E-state index in [0.717, 1.165) is 12.3 Å². The van der Waals surface area contributed by atoms with E-state index >= 15 is 0 Å². The van der Waals surface area contributed by atoms with Gasteiger partial charge in [0, 0.05) is 21.6 Å². The molecule has 1 aromatic carbocycles. The molecule has 1 nitrogen and oxygen atoms in total. The lowest BCUT2D eigenvalue weighted by Gasteiger charge is -2.04. The molecule has 0 amide bonds. The molecule has 1 aromatic rings. The van der Waals surface area contributed by atoms with Crippen molar-refractivity contribution in [3.8, 4) is 0 Å². The number of nitrogens with one attached hydrogen (secondary N) is 1. The Kier molecular flexibility index (Phi) is 4.83. The molecule has 1 rings (SSSR count). The monoisotopic (exact) mass is 293 g/mol. The molecule has 0 atom stereocenters. The van der Waals surface area contributed by atoms with Gasteiger partial charge in [-0.3, -0.25) is 0 Å². The van der Waals surface area contributed by atoms with Gasteiger partial charge in [-0.2, -0.15) is 11.8 Å². The smallest absolute Gasteiger partial charge is 0.0351 e. The van der Waals surface area contributed by atoms with Crippen LogP contribution in [0, 0.1) is 3.57 Å². The molecule has 0 bridgehead atoms. The number of thioether (sulfide) groups is 1. The van der Waals surface area contributed by atoms with Crippen molar-refractivity contribution in [1.82, 2.24) is 0 Å². The Morgan fingerprint density at radius 3 is 3.00 bits per heavy atom. The minimum atomic E-state index is 1.04. The summed E-state index contributed by atoms with van der Waals surface area (Å²) in [7, 11) is 0. The number of benzene rings is 1. The Hall–Kier alpha value is 0.100. The van der Waals surface area contributed by atoms with E-state index in [-0.39, 0.29) is 0 Å². The van der Waals surface area contributed by atoms with Crippen molar-refractivity contribution < 1.29 is 0 Å². The van der Waals surface area contributed by atoms with Crippen LogP contribution in [0.4, 0.5) is 5.69 Å². The lowest BCUT2D eigenvalue weighted by Crippen LogP contribution is -2.03. The fourth-order valence-electron chi connectivity index (χ4n) is 0.896. The van der Waals surface area contributed by atoms with Crippen LogP contribution >= 0.6 is 34.4 Å². The minimum Gasteiger partial charge on any atom is -0.384 e. The van der Waals surface area contributed by atoms with Crippen LogP contribution in [0.25, 0.3) is 0 Å². The molecule has 0 aliphatic carbocycles. The first-order chi connectivity index (χ1) is 5.83. The summed E-state index contributed by atoms with van der Waals surface area (Å²) in [5, 5.41) is 3.36. The van der Waals surface area contributed by atoms with Crippen LogP contribution in [-0.2, 0) is 0 Å².